The van der Waals surface area contributed by atoms with Gasteiger partial charge in [-0.05, 0) is 43.5 Å². The van der Waals surface area contributed by atoms with E-state index in [0.29, 0.717) is 17.8 Å². The third kappa shape index (κ3) is 3.50. The van der Waals surface area contributed by atoms with Gasteiger partial charge in [-0.15, -0.1) is 0 Å². The summed E-state index contributed by atoms with van der Waals surface area (Å²) in [6.07, 6.45) is 5.69. The lowest BCUT2D eigenvalue weighted by Gasteiger charge is -2.21. The molecular formula is C23H26N4O2. The molecular weight excluding hydrogens is 364 g/mol. The van der Waals surface area contributed by atoms with E-state index < -0.39 is 0 Å². The van der Waals surface area contributed by atoms with Crippen LogP contribution >= 0.6 is 0 Å². The zero-order valence-corrected chi connectivity index (χ0v) is 16.9. The van der Waals surface area contributed by atoms with Crippen LogP contribution < -0.4 is 10.2 Å². The van der Waals surface area contributed by atoms with Gasteiger partial charge in [0.15, 0.2) is 5.69 Å². The number of nitrogens with zero attached hydrogens (tertiary/aromatic N) is 3. The number of amides is 2. The van der Waals surface area contributed by atoms with E-state index in [1.165, 1.54) is 0 Å². The number of aromatic nitrogens is 2. The number of rotatable bonds is 6. The Morgan fingerprint density at radius 3 is 2.76 bits per heavy atom. The minimum Gasteiger partial charge on any atom is -0.349 e. The van der Waals surface area contributed by atoms with Crippen LogP contribution in [0.25, 0.3) is 5.52 Å². The molecule has 29 heavy (non-hydrogen) atoms. The third-order valence-corrected chi connectivity index (χ3v) is 5.45. The Kier molecular flexibility index (Phi) is 5.34. The Morgan fingerprint density at radius 2 is 1.93 bits per heavy atom. The van der Waals surface area contributed by atoms with Crippen LogP contribution in [0.2, 0.25) is 0 Å². The average molecular weight is 390 g/mol. The SMILES string of the molecule is CCCCCNC(=O)c1nc(C(=O)N2c3ccccc3CC2C)c2ccccn12. The van der Waals surface area contributed by atoms with Crippen molar-refractivity contribution in [1.82, 2.24) is 14.7 Å². The molecule has 3 heterocycles. The number of hydrogen-bond donors (Lipinski definition) is 1. The molecule has 1 N–H and O–H groups in total. The lowest BCUT2D eigenvalue weighted by molar-refractivity contribution is 0.0942. The Morgan fingerprint density at radius 1 is 1.14 bits per heavy atom. The zero-order chi connectivity index (χ0) is 20.4. The van der Waals surface area contributed by atoms with E-state index in [1.54, 1.807) is 15.5 Å². The highest BCUT2D eigenvalue weighted by molar-refractivity contribution is 6.11. The summed E-state index contributed by atoms with van der Waals surface area (Å²) >= 11 is 0. The molecule has 4 rings (SSSR count). The van der Waals surface area contributed by atoms with Gasteiger partial charge in [0, 0.05) is 24.5 Å². The Balaban J connectivity index is 1.68. The van der Waals surface area contributed by atoms with Gasteiger partial charge in [-0.3, -0.25) is 14.0 Å². The molecule has 150 valence electrons. The first-order valence-electron chi connectivity index (χ1n) is 10.3. The summed E-state index contributed by atoms with van der Waals surface area (Å²) in [6.45, 7) is 4.77. The second-order valence-corrected chi connectivity index (χ2v) is 7.56. The lowest BCUT2D eigenvalue weighted by atomic mass is 10.1. The van der Waals surface area contributed by atoms with E-state index in [2.05, 4.69) is 23.3 Å². The first-order valence-corrected chi connectivity index (χ1v) is 10.3. The molecule has 0 aliphatic carbocycles. The lowest BCUT2D eigenvalue weighted by Crippen LogP contribution is -2.36. The van der Waals surface area contributed by atoms with Crippen molar-refractivity contribution in [2.45, 2.75) is 45.6 Å². The number of carbonyl (C=O) groups excluding carboxylic acids is 2. The molecule has 6 nitrogen and oxygen atoms in total. The number of benzene rings is 1. The standard InChI is InChI=1S/C23H26N4O2/c1-3-4-8-13-24-22(28)21-25-20(19-12-7-9-14-26(19)21)23(29)27-16(2)15-17-10-5-6-11-18(17)27/h5-7,9-12,14,16H,3-4,8,13,15H2,1-2H3,(H,24,28). The van der Waals surface area contributed by atoms with Gasteiger partial charge in [0.1, 0.15) is 0 Å². The minimum atomic E-state index is -0.253. The molecule has 0 bridgehead atoms. The molecule has 3 aromatic rings. The van der Waals surface area contributed by atoms with Crippen LogP contribution in [0.5, 0.6) is 0 Å². The number of hydrogen-bond acceptors (Lipinski definition) is 3. The summed E-state index contributed by atoms with van der Waals surface area (Å²) in [7, 11) is 0. The van der Waals surface area contributed by atoms with Crippen LogP contribution in [0.15, 0.2) is 48.7 Å². The highest BCUT2D eigenvalue weighted by Crippen LogP contribution is 2.33. The van der Waals surface area contributed by atoms with Crippen molar-refractivity contribution in [3.05, 3.63) is 65.7 Å². The monoisotopic (exact) mass is 390 g/mol. The number of anilines is 1. The van der Waals surface area contributed by atoms with Gasteiger partial charge < -0.3 is 10.2 Å². The fourth-order valence-electron chi connectivity index (χ4n) is 4.00. The quantitative estimate of drug-likeness (QED) is 0.650. The van der Waals surface area contributed by atoms with Crippen LogP contribution in [0.3, 0.4) is 0 Å². The normalized spacial score (nSPS) is 15.5. The van der Waals surface area contributed by atoms with Crippen LogP contribution in [0, 0.1) is 0 Å². The molecule has 1 aliphatic heterocycles. The molecule has 0 fully saturated rings. The van der Waals surface area contributed by atoms with Gasteiger partial charge in [-0.2, -0.15) is 0 Å². The highest BCUT2D eigenvalue weighted by atomic mass is 16.2. The Bertz CT molecular complexity index is 1060. The van der Waals surface area contributed by atoms with Crippen molar-refractivity contribution >= 4 is 23.0 Å². The summed E-state index contributed by atoms with van der Waals surface area (Å²) in [5, 5.41) is 2.92. The second kappa shape index (κ2) is 8.07. The van der Waals surface area contributed by atoms with E-state index >= 15 is 0 Å². The van der Waals surface area contributed by atoms with Gasteiger partial charge in [-0.1, -0.05) is 44.0 Å². The Labute approximate surface area is 170 Å². The minimum absolute atomic E-state index is 0.0479. The molecule has 1 atom stereocenters. The van der Waals surface area contributed by atoms with Crippen molar-refractivity contribution in [3.8, 4) is 0 Å². The van der Waals surface area contributed by atoms with E-state index in [4.69, 9.17) is 0 Å². The number of nitrogens with one attached hydrogen (secondary N) is 1. The number of pyridine rings is 1. The van der Waals surface area contributed by atoms with Crippen LogP contribution in [0.4, 0.5) is 5.69 Å². The number of fused-ring (bicyclic) bond motifs is 2. The molecule has 0 spiro atoms. The zero-order valence-electron chi connectivity index (χ0n) is 16.9. The number of carbonyl (C=O) groups is 2. The van der Waals surface area contributed by atoms with Crippen molar-refractivity contribution in [2.75, 3.05) is 11.4 Å². The van der Waals surface area contributed by atoms with E-state index in [1.807, 2.05) is 43.3 Å². The van der Waals surface area contributed by atoms with Crippen LogP contribution in [0.1, 0.15) is 59.8 Å². The fraction of sp³-hybridized carbons (Fsp3) is 0.348. The third-order valence-electron chi connectivity index (χ3n) is 5.45. The summed E-state index contributed by atoms with van der Waals surface area (Å²) < 4.78 is 1.70. The second-order valence-electron chi connectivity index (χ2n) is 7.56. The van der Waals surface area contributed by atoms with Gasteiger partial charge in [0.05, 0.1) is 5.52 Å². The van der Waals surface area contributed by atoms with Gasteiger partial charge >= 0.3 is 0 Å². The maximum absolute atomic E-state index is 13.5. The average Bonchev–Trinajstić information content (AvgIpc) is 3.28. The summed E-state index contributed by atoms with van der Waals surface area (Å²) in [5.74, 6) is -0.173. The van der Waals surface area contributed by atoms with Gasteiger partial charge in [0.25, 0.3) is 11.8 Å². The van der Waals surface area contributed by atoms with Gasteiger partial charge in [0.2, 0.25) is 5.82 Å². The van der Waals surface area contributed by atoms with E-state index in [-0.39, 0.29) is 23.7 Å². The molecule has 1 aromatic carbocycles. The van der Waals surface area contributed by atoms with Crippen molar-refractivity contribution in [2.24, 2.45) is 0 Å². The smallest absolute Gasteiger partial charge is 0.287 e. The molecule has 0 saturated heterocycles. The van der Waals surface area contributed by atoms with Gasteiger partial charge in [-0.25, -0.2) is 4.98 Å². The summed E-state index contributed by atoms with van der Waals surface area (Å²) in [4.78, 5) is 32.5. The summed E-state index contributed by atoms with van der Waals surface area (Å²) in [6, 6.07) is 13.5. The van der Waals surface area contributed by atoms with Crippen molar-refractivity contribution in [3.63, 3.8) is 0 Å². The fourth-order valence-corrected chi connectivity index (χ4v) is 4.00. The molecule has 0 radical (unpaired) electrons. The maximum atomic E-state index is 13.5. The Hall–Kier alpha value is -3.15. The topological polar surface area (TPSA) is 66.7 Å². The maximum Gasteiger partial charge on any atom is 0.287 e. The predicted molar refractivity (Wildman–Crippen MR) is 113 cm³/mol. The van der Waals surface area contributed by atoms with Crippen molar-refractivity contribution in [1.29, 1.82) is 0 Å². The number of imidazole rings is 1. The molecule has 0 saturated carbocycles. The molecule has 2 amide bonds. The highest BCUT2D eigenvalue weighted by Gasteiger charge is 2.34. The number of para-hydroxylation sites is 1. The van der Waals surface area contributed by atoms with E-state index in [9.17, 15) is 9.59 Å². The van der Waals surface area contributed by atoms with Crippen LogP contribution in [-0.4, -0.2) is 33.8 Å². The van der Waals surface area contributed by atoms with Crippen molar-refractivity contribution < 1.29 is 9.59 Å². The molecule has 2 aromatic heterocycles. The summed E-state index contributed by atoms with van der Waals surface area (Å²) in [5.41, 5.74) is 3.04. The molecule has 1 unspecified atom stereocenters. The number of unbranched alkanes of at least 4 members (excludes halogenated alkanes) is 2. The first-order chi connectivity index (χ1) is 14.1. The largest absolute Gasteiger partial charge is 0.349 e. The predicted octanol–water partition coefficient (Wildman–Crippen LogP) is 3.85. The first kappa shape index (κ1) is 19.2. The van der Waals surface area contributed by atoms with E-state index in [0.717, 1.165) is 36.9 Å². The molecule has 6 heteroatoms. The van der Waals surface area contributed by atoms with Crippen LogP contribution in [-0.2, 0) is 6.42 Å². The molecule has 1 aliphatic rings.